The predicted octanol–water partition coefficient (Wildman–Crippen LogP) is 3.67. The van der Waals surface area contributed by atoms with Crippen LogP contribution in [-0.2, 0) is 27.9 Å². The summed E-state index contributed by atoms with van der Waals surface area (Å²) < 4.78 is 34.7. The van der Waals surface area contributed by atoms with Crippen LogP contribution in [0.25, 0.3) is 0 Å². The van der Waals surface area contributed by atoms with E-state index in [1.165, 1.54) is 0 Å². The summed E-state index contributed by atoms with van der Waals surface area (Å²) in [7, 11) is -3.79. The van der Waals surface area contributed by atoms with E-state index in [1.807, 2.05) is 30.3 Å². The third-order valence-electron chi connectivity index (χ3n) is 3.61. The zero-order chi connectivity index (χ0) is 16.9. The number of hydrogen-bond acceptors (Lipinski definition) is 6. The maximum Gasteiger partial charge on any atom is 0.373 e. The van der Waals surface area contributed by atoms with Crippen LogP contribution in [-0.4, -0.2) is 31.1 Å². The van der Waals surface area contributed by atoms with Crippen LogP contribution >= 0.6 is 7.60 Å². The van der Waals surface area contributed by atoms with Gasteiger partial charge in [-0.25, -0.2) is 4.79 Å². The van der Waals surface area contributed by atoms with Crippen LogP contribution in [0.4, 0.5) is 0 Å². The Balaban J connectivity index is 2.29. The molecular weight excluding hydrogens is 319 g/mol. The van der Waals surface area contributed by atoms with Gasteiger partial charge in [0.2, 0.25) is 0 Å². The zero-order valence-corrected chi connectivity index (χ0v) is 14.6. The number of carbonyl (C=O) groups is 1. The van der Waals surface area contributed by atoms with Crippen molar-refractivity contribution in [2.75, 3.05) is 19.8 Å². The van der Waals surface area contributed by atoms with Gasteiger partial charge >= 0.3 is 13.6 Å². The summed E-state index contributed by atoms with van der Waals surface area (Å²) in [4.78, 5) is 12.4. The summed E-state index contributed by atoms with van der Waals surface area (Å²) in [6.07, 6.45) is -0.137. The average molecular weight is 342 g/mol. The maximum absolute atomic E-state index is 13.1. The van der Waals surface area contributed by atoms with Gasteiger partial charge in [0, 0.05) is 6.42 Å². The minimum absolute atomic E-state index is 0.151. The molecule has 128 valence electrons. The third-order valence-corrected chi connectivity index (χ3v) is 6.16. The van der Waals surface area contributed by atoms with Gasteiger partial charge in [-0.15, -0.1) is 0 Å². The fourth-order valence-electron chi connectivity index (χ4n) is 2.58. The molecule has 2 rings (SSSR count). The number of benzene rings is 1. The lowest BCUT2D eigenvalue weighted by molar-refractivity contribution is -0.206. The van der Waals surface area contributed by atoms with Gasteiger partial charge in [0.05, 0.1) is 25.9 Å². The minimum atomic E-state index is -3.79. The van der Waals surface area contributed by atoms with Crippen LogP contribution in [0.5, 0.6) is 0 Å². The molecule has 1 aromatic carbocycles. The molecule has 0 aromatic heterocycles. The fourth-order valence-corrected chi connectivity index (χ4v) is 4.69. The predicted molar refractivity (Wildman–Crippen MR) is 85.1 cm³/mol. The Morgan fingerprint density at radius 1 is 1.17 bits per heavy atom. The SMILES string of the molecule is CCOC(=O)[C@]1(P(=O)(OCC)OCC)C[C@H](c2ccccc2)O1. The van der Waals surface area contributed by atoms with Gasteiger partial charge in [-0.3, -0.25) is 4.57 Å². The first kappa shape index (κ1) is 18.1. The van der Waals surface area contributed by atoms with E-state index in [-0.39, 0.29) is 32.3 Å². The number of rotatable bonds is 8. The smallest absolute Gasteiger partial charge is 0.373 e. The number of hydrogen-bond donors (Lipinski definition) is 0. The van der Waals surface area contributed by atoms with Crippen LogP contribution < -0.4 is 0 Å². The summed E-state index contributed by atoms with van der Waals surface area (Å²) >= 11 is 0. The Hall–Kier alpha value is -1.20. The van der Waals surface area contributed by atoms with Gasteiger partial charge in [0.15, 0.2) is 0 Å². The van der Waals surface area contributed by atoms with E-state index in [0.717, 1.165) is 5.56 Å². The Bertz CT molecular complexity index is 557. The quantitative estimate of drug-likeness (QED) is 0.530. The second kappa shape index (κ2) is 7.58. The first-order valence-corrected chi connectivity index (χ1v) is 9.36. The van der Waals surface area contributed by atoms with Crippen LogP contribution in [0.15, 0.2) is 30.3 Å². The third kappa shape index (κ3) is 3.36. The second-order valence-electron chi connectivity index (χ2n) is 5.06. The number of esters is 1. The molecule has 1 aromatic rings. The zero-order valence-electron chi connectivity index (χ0n) is 13.7. The van der Waals surface area contributed by atoms with Crippen molar-refractivity contribution in [3.63, 3.8) is 0 Å². The van der Waals surface area contributed by atoms with Crippen LogP contribution in [0, 0.1) is 0 Å². The second-order valence-corrected chi connectivity index (χ2v) is 7.29. The first-order valence-electron chi connectivity index (χ1n) is 7.82. The van der Waals surface area contributed by atoms with E-state index in [0.29, 0.717) is 0 Å². The Morgan fingerprint density at radius 3 is 2.22 bits per heavy atom. The number of carbonyl (C=O) groups excluding carboxylic acids is 1. The molecule has 1 heterocycles. The highest BCUT2D eigenvalue weighted by Gasteiger charge is 2.67. The lowest BCUT2D eigenvalue weighted by Crippen LogP contribution is -2.53. The molecule has 0 unspecified atom stereocenters. The monoisotopic (exact) mass is 342 g/mol. The van der Waals surface area contributed by atoms with Gasteiger partial charge in [0.1, 0.15) is 0 Å². The van der Waals surface area contributed by atoms with E-state index in [2.05, 4.69) is 0 Å². The Kier molecular flexibility index (Phi) is 5.98. The van der Waals surface area contributed by atoms with Crippen molar-refractivity contribution in [1.29, 1.82) is 0 Å². The molecule has 0 bridgehead atoms. The Morgan fingerprint density at radius 2 is 1.74 bits per heavy atom. The van der Waals surface area contributed by atoms with Gasteiger partial charge in [-0.1, -0.05) is 30.3 Å². The van der Waals surface area contributed by atoms with Gasteiger partial charge < -0.3 is 18.5 Å². The molecule has 0 aliphatic carbocycles. The molecule has 1 fully saturated rings. The van der Waals surface area contributed by atoms with Gasteiger partial charge in [0.25, 0.3) is 5.34 Å². The van der Waals surface area contributed by atoms with Crippen molar-refractivity contribution in [3.05, 3.63) is 35.9 Å². The molecule has 0 saturated carbocycles. The topological polar surface area (TPSA) is 71.1 Å². The molecule has 6 nitrogen and oxygen atoms in total. The molecule has 7 heteroatoms. The summed E-state index contributed by atoms with van der Waals surface area (Å²) in [6.45, 7) is 5.54. The van der Waals surface area contributed by atoms with Crippen molar-refractivity contribution in [2.24, 2.45) is 0 Å². The molecule has 0 spiro atoms. The Labute approximate surface area is 136 Å². The highest BCUT2D eigenvalue weighted by atomic mass is 31.2. The van der Waals surface area contributed by atoms with Crippen molar-refractivity contribution in [3.8, 4) is 0 Å². The molecule has 1 aliphatic heterocycles. The number of ether oxygens (including phenoxy) is 2. The summed E-state index contributed by atoms with van der Waals surface area (Å²) in [5.41, 5.74) is 0.909. The van der Waals surface area contributed by atoms with Crippen LogP contribution in [0.2, 0.25) is 0 Å². The summed E-state index contributed by atoms with van der Waals surface area (Å²) in [6, 6.07) is 9.45. The van der Waals surface area contributed by atoms with Crippen LogP contribution in [0.1, 0.15) is 38.9 Å². The highest BCUT2D eigenvalue weighted by molar-refractivity contribution is 7.56. The van der Waals surface area contributed by atoms with Crippen molar-refractivity contribution in [2.45, 2.75) is 38.6 Å². The van der Waals surface area contributed by atoms with E-state index < -0.39 is 18.9 Å². The van der Waals surface area contributed by atoms with E-state index in [4.69, 9.17) is 18.5 Å². The molecule has 23 heavy (non-hydrogen) atoms. The lowest BCUT2D eigenvalue weighted by atomic mass is 9.97. The highest BCUT2D eigenvalue weighted by Crippen LogP contribution is 2.69. The molecule has 1 aliphatic rings. The standard InChI is InChI=1S/C16H23O6P/c1-4-19-15(17)16(23(18,20-5-2)21-6-3)12-14(22-16)13-10-8-7-9-11-13/h7-11,14H,4-6,12H2,1-3H3/t14-,16-/m1/s1. The van der Waals surface area contributed by atoms with Gasteiger partial charge in [-0.05, 0) is 26.3 Å². The normalized spacial score (nSPS) is 24.0. The molecular formula is C16H23O6P. The first-order chi connectivity index (χ1) is 11.0. The van der Waals surface area contributed by atoms with Crippen LogP contribution in [0.3, 0.4) is 0 Å². The minimum Gasteiger partial charge on any atom is -0.463 e. The van der Waals surface area contributed by atoms with Crippen molar-refractivity contribution >= 4 is 13.6 Å². The summed E-state index contributed by atoms with van der Waals surface area (Å²) in [5, 5.41) is -1.68. The largest absolute Gasteiger partial charge is 0.463 e. The van der Waals surface area contributed by atoms with E-state index in [1.54, 1.807) is 20.8 Å². The molecule has 1 saturated heterocycles. The van der Waals surface area contributed by atoms with Crippen molar-refractivity contribution in [1.82, 2.24) is 0 Å². The summed E-state index contributed by atoms with van der Waals surface area (Å²) in [5.74, 6) is -0.697. The van der Waals surface area contributed by atoms with Gasteiger partial charge in [-0.2, -0.15) is 0 Å². The van der Waals surface area contributed by atoms with Crippen molar-refractivity contribution < 1.29 is 27.9 Å². The average Bonchev–Trinajstić information content (AvgIpc) is 2.48. The lowest BCUT2D eigenvalue weighted by Gasteiger charge is -2.47. The molecule has 2 atom stereocenters. The van der Waals surface area contributed by atoms with E-state index >= 15 is 0 Å². The maximum atomic E-state index is 13.1. The molecule has 0 radical (unpaired) electrons. The molecule has 0 amide bonds. The van der Waals surface area contributed by atoms with E-state index in [9.17, 15) is 9.36 Å². The fraction of sp³-hybridized carbons (Fsp3) is 0.562. The molecule has 0 N–H and O–H groups in total.